The highest BCUT2D eigenvalue weighted by Crippen LogP contribution is 2.27. The van der Waals surface area contributed by atoms with Crippen LogP contribution in [0.3, 0.4) is 0 Å². The second kappa shape index (κ2) is 67.4. The molecule has 0 aliphatic heterocycles. The zero-order chi connectivity index (χ0) is 85.3. The van der Waals surface area contributed by atoms with E-state index in [1.54, 1.807) is 67.1 Å². The number of aldehydes is 2. The maximum absolute atomic E-state index is 12.5. The summed E-state index contributed by atoms with van der Waals surface area (Å²) in [5.41, 5.74) is 13.3. The second-order valence-electron chi connectivity index (χ2n) is 27.8. The van der Waals surface area contributed by atoms with Gasteiger partial charge in [0.1, 0.15) is 46.9 Å². The third-order valence-electron chi connectivity index (χ3n) is 17.9. The van der Waals surface area contributed by atoms with Gasteiger partial charge in [-0.25, -0.2) is 14.4 Å². The van der Waals surface area contributed by atoms with Crippen molar-refractivity contribution in [2.45, 2.75) is 207 Å². The molecule has 0 spiro atoms. The van der Waals surface area contributed by atoms with Crippen molar-refractivity contribution in [3.8, 4) is 28.7 Å². The summed E-state index contributed by atoms with van der Waals surface area (Å²) >= 11 is 4.92. The number of benzene rings is 5. The number of phenols is 3. The highest BCUT2D eigenvalue weighted by atomic mass is 35.5. The predicted octanol–water partition coefficient (Wildman–Crippen LogP) is 14.1. The number of nitro benzene ring substituents is 1. The monoisotopic (exact) mass is 1620 g/mol. The number of carbonyl (C=O) groups is 8. The highest BCUT2D eigenvalue weighted by molar-refractivity contribution is 6.61. The molecule has 13 N–H and O–H groups in total. The smallest absolute Gasteiger partial charge is 0.415 e. The van der Waals surface area contributed by atoms with Gasteiger partial charge in [0.25, 0.3) is 5.69 Å². The van der Waals surface area contributed by atoms with Gasteiger partial charge in [0.15, 0.2) is 5.78 Å². The summed E-state index contributed by atoms with van der Waals surface area (Å²) < 4.78 is 10.1. The number of hydrogen-bond donors (Lipinski definition) is 11. The number of aliphatic hydroxyl groups is 2. The minimum atomic E-state index is -1.25. The number of rotatable bonds is 51. The summed E-state index contributed by atoms with van der Waals surface area (Å²) in [6.07, 6.45) is 30.6. The van der Waals surface area contributed by atoms with Crippen LogP contribution in [-0.2, 0) is 35.9 Å². The number of aromatic hydroxyl groups is 3. The van der Waals surface area contributed by atoms with E-state index in [1.165, 1.54) is 149 Å². The quantitative estimate of drug-likeness (QED) is 0.00430. The van der Waals surface area contributed by atoms with Crippen LogP contribution in [0.25, 0.3) is 0 Å². The lowest BCUT2D eigenvalue weighted by molar-refractivity contribution is -0.384. The second-order valence-corrected chi connectivity index (χ2v) is 28.1. The number of likely N-dealkylation sites (N-methyl/N-ethyl adjacent to an activating group) is 2. The number of aliphatic hydroxyl groups excluding tert-OH is 2. The molecule has 638 valence electrons. The van der Waals surface area contributed by atoms with Crippen molar-refractivity contribution >= 4 is 64.9 Å². The summed E-state index contributed by atoms with van der Waals surface area (Å²) in [5.74, 6) is -0.981. The molecular weight excluding hydrogens is 1480 g/mol. The van der Waals surface area contributed by atoms with Gasteiger partial charge in [0.05, 0.1) is 23.7 Å². The van der Waals surface area contributed by atoms with E-state index in [-0.39, 0.29) is 76.2 Å². The molecule has 0 saturated carbocycles. The Morgan fingerprint density at radius 3 is 1.29 bits per heavy atom. The number of Topliss-reactive ketones (excluding diaryl/α,β-unsaturated/α-hetero) is 1. The first-order valence-corrected chi connectivity index (χ1v) is 40.1. The molecule has 3 amide bonds. The van der Waals surface area contributed by atoms with Crippen LogP contribution in [0.2, 0.25) is 0 Å². The fourth-order valence-corrected chi connectivity index (χ4v) is 11.2. The van der Waals surface area contributed by atoms with Crippen LogP contribution in [0.1, 0.15) is 244 Å². The molecule has 0 bridgehead atoms. The summed E-state index contributed by atoms with van der Waals surface area (Å²) in [6.45, 7) is 11.2. The van der Waals surface area contributed by atoms with Crippen molar-refractivity contribution in [3.05, 3.63) is 152 Å². The number of amides is 3. The van der Waals surface area contributed by atoms with E-state index in [9.17, 15) is 68.9 Å². The van der Waals surface area contributed by atoms with Gasteiger partial charge in [0, 0.05) is 113 Å². The predicted molar refractivity (Wildman–Crippen MR) is 449 cm³/mol. The number of carbonyl (C=O) groups excluding carboxylic acids is 7. The Kier molecular flexibility index (Phi) is 62.1. The van der Waals surface area contributed by atoms with E-state index in [4.69, 9.17) is 38.0 Å². The van der Waals surface area contributed by atoms with Crippen LogP contribution in [0, 0.1) is 10.1 Å². The lowest BCUT2D eigenvalue weighted by Gasteiger charge is -2.24. The number of ketones is 1. The molecule has 28 nitrogen and oxygen atoms in total. The number of nitrogens with one attached hydrogen (secondary N) is 3. The summed E-state index contributed by atoms with van der Waals surface area (Å²) in [6, 6.07) is 23.3. The largest absolute Gasteiger partial charge is 0.508 e. The zero-order valence-electron chi connectivity index (χ0n) is 68.8. The summed E-state index contributed by atoms with van der Waals surface area (Å²) in [7, 11) is 11.5. The van der Waals surface area contributed by atoms with Gasteiger partial charge in [-0.2, -0.15) is 0 Å². The molecular formula is C85H133ClN10O18. The summed E-state index contributed by atoms with van der Waals surface area (Å²) in [4.78, 5) is 107. The Morgan fingerprint density at radius 1 is 0.491 bits per heavy atom. The van der Waals surface area contributed by atoms with Crippen molar-refractivity contribution in [2.75, 3.05) is 101 Å². The van der Waals surface area contributed by atoms with Gasteiger partial charge in [-0.15, -0.1) is 0 Å². The average Bonchev–Trinajstić information content (AvgIpc) is 0.864. The first-order valence-electron chi connectivity index (χ1n) is 39.7. The first-order chi connectivity index (χ1) is 54.7. The lowest BCUT2D eigenvalue weighted by atomic mass is 10.0. The fourth-order valence-electron chi connectivity index (χ4n) is 11.1. The number of carboxylic acids is 1. The molecule has 114 heavy (non-hydrogen) atoms. The van der Waals surface area contributed by atoms with Crippen LogP contribution in [0.15, 0.2) is 97.1 Å². The molecule has 5 aromatic rings. The molecule has 0 heterocycles. The highest BCUT2D eigenvalue weighted by Gasteiger charge is 2.20. The van der Waals surface area contributed by atoms with Crippen molar-refractivity contribution in [3.63, 3.8) is 0 Å². The van der Waals surface area contributed by atoms with E-state index < -0.39 is 22.4 Å². The van der Waals surface area contributed by atoms with Gasteiger partial charge in [-0.3, -0.25) is 34.1 Å². The molecule has 0 saturated heterocycles. The van der Waals surface area contributed by atoms with Gasteiger partial charge in [-0.1, -0.05) is 121 Å². The van der Waals surface area contributed by atoms with E-state index in [2.05, 4.69) is 20.7 Å². The Morgan fingerprint density at radius 2 is 0.886 bits per heavy atom. The van der Waals surface area contributed by atoms with E-state index in [1.807, 2.05) is 40.1 Å². The number of unbranched alkanes of at least 4 members (excludes halogenated alkanes) is 21. The molecule has 0 aliphatic carbocycles. The minimum Gasteiger partial charge on any atom is -0.508 e. The number of nitro groups is 1. The molecule has 0 radical (unpaired) electrons. The number of aromatic carboxylic acids is 1. The van der Waals surface area contributed by atoms with Crippen molar-refractivity contribution in [2.24, 2.45) is 11.5 Å². The molecule has 0 aromatic heterocycles. The molecule has 29 heteroatoms. The number of carboxylic acid groups (broad SMARTS) is 1. The third-order valence-corrected chi connectivity index (χ3v) is 18.0. The molecule has 0 aliphatic rings. The van der Waals surface area contributed by atoms with Crippen LogP contribution < -0.4 is 36.9 Å². The average molecular weight is 1620 g/mol. The maximum Gasteiger partial charge on any atom is 0.415 e. The molecule has 0 fully saturated rings. The Hall–Kier alpha value is -8.97. The Labute approximate surface area is 680 Å². The number of halogens is 1. The van der Waals surface area contributed by atoms with Crippen LogP contribution in [0.5, 0.6) is 28.7 Å². The topological polar surface area (TPSA) is 421 Å². The molecule has 5 rings (SSSR count). The van der Waals surface area contributed by atoms with E-state index in [0.29, 0.717) is 79.7 Å². The summed E-state index contributed by atoms with van der Waals surface area (Å²) in [5, 5.41) is 75.6. The molecule has 0 atom stereocenters. The SMILES string of the molecule is CC(=O)N(CCCCCCCCN)Cc1cc(CO)ccc1OC(=O)N(C)CCN(C)C.CNCCCCCCCCCC(=O)c1cc(C=O)ccc1O.CNCCCCCCCCN.CNCCCCCCCCN(Cc1cc(CO)ccc1O)C(C)=O.O=C(Cl)Oc1ccc([N+](=O)[O-])cc1.O=Cc1ccc(O)c(C(=O)O)c1. The van der Waals surface area contributed by atoms with Crippen LogP contribution >= 0.6 is 11.6 Å². The third kappa shape index (κ3) is 51.7. The minimum absolute atomic E-state index is 0.0119. The van der Waals surface area contributed by atoms with E-state index >= 15 is 0 Å². The van der Waals surface area contributed by atoms with Gasteiger partial charge in [0.2, 0.25) is 11.8 Å². The van der Waals surface area contributed by atoms with Crippen molar-refractivity contribution < 1.29 is 83.4 Å². The van der Waals surface area contributed by atoms with Crippen LogP contribution in [-0.4, -0.2) is 204 Å². The number of phenolic OH excluding ortho intramolecular Hbond substituents is 2. The Balaban J connectivity index is 0.00000140. The zero-order valence-corrected chi connectivity index (χ0v) is 69.6. The number of non-ortho nitro benzene ring substituents is 1. The van der Waals surface area contributed by atoms with Crippen molar-refractivity contribution in [1.29, 1.82) is 0 Å². The maximum atomic E-state index is 12.5. The lowest BCUT2D eigenvalue weighted by Crippen LogP contribution is -2.35. The van der Waals surface area contributed by atoms with Gasteiger partial charge >= 0.3 is 17.5 Å². The number of nitrogens with zero attached hydrogens (tertiary/aromatic N) is 5. The van der Waals surface area contributed by atoms with Gasteiger partial charge in [-0.05, 0) is 203 Å². The fraction of sp³-hybridized carbons (Fsp3) is 0.553. The standard InChI is InChI=1S/C24H42N4O4.C19H32N2O3.C18H27NO3.C9H22N2.C8H6O4.C7H4ClNO4/c1-20(30)28(14-10-8-6-5-7-9-13-25)18-22-17-21(19-29)11-12-23(22)32-24(31)27(4)16-15-26(2)3;1-16(23)21(12-8-6-4-3-5-7-11-20-2)14-18-13-17(15-22)9-10-19(18)24;1-19-12-8-6-4-2-3-5-7-9-17(21)16-13-15(14-20)10-11-18(16)22;1-11-9-7-5-3-2-4-6-8-10;9-4-5-1-2-7(10)6(3-5)8(11)12;8-7(10)13-6-3-1-5(2-4-6)9(11)12/h11-12,17,29H,5-10,13-16,18-19,25H2,1-4H3;9-10,13,20,22,24H,3-8,11-12,14-15H2,1-2H3;10-11,13-14,19,22H,2-9,12H2,1H3;11H,2-10H2,1H3;1-4,10H,(H,11,12);1-4H. The number of nitrogens with two attached hydrogens (primary N) is 2. The van der Waals surface area contributed by atoms with Crippen molar-refractivity contribution in [1.82, 2.24) is 35.6 Å². The molecule has 0 unspecified atom stereocenters. The normalized spacial score (nSPS) is 10.4. The molecule has 5 aromatic carbocycles. The number of ether oxygens (including phenoxy) is 2. The van der Waals surface area contributed by atoms with E-state index in [0.717, 1.165) is 122 Å². The first kappa shape index (κ1) is 105. The Bertz CT molecular complexity index is 3490. The van der Waals surface area contributed by atoms with Crippen LogP contribution in [0.4, 0.5) is 15.3 Å². The number of hydrogen-bond acceptors (Lipinski definition) is 23. The van der Waals surface area contributed by atoms with Gasteiger partial charge < -0.3 is 87.1 Å².